The Morgan fingerprint density at radius 3 is 2.06 bits per heavy atom. The van der Waals surface area contributed by atoms with Crippen molar-refractivity contribution in [3.63, 3.8) is 0 Å². The van der Waals surface area contributed by atoms with Crippen molar-refractivity contribution in [2.45, 2.75) is 70.6 Å². The third-order valence-electron chi connectivity index (χ3n) is 7.05. The first-order valence-electron chi connectivity index (χ1n) is 15.7. The Balaban J connectivity index is 1.76. The molecule has 0 unspecified atom stereocenters. The minimum absolute atomic E-state index is 0.0646. The lowest BCUT2D eigenvalue weighted by molar-refractivity contribution is -0.139. The van der Waals surface area contributed by atoms with Crippen LogP contribution in [0.15, 0.2) is 78.9 Å². The van der Waals surface area contributed by atoms with Crippen molar-refractivity contribution in [3.05, 3.63) is 101 Å². The highest BCUT2D eigenvalue weighted by Gasteiger charge is 2.27. The average Bonchev–Trinajstić information content (AvgIpc) is 3.01. The summed E-state index contributed by atoms with van der Waals surface area (Å²) >= 11 is 0. The predicted molar refractivity (Wildman–Crippen MR) is 178 cm³/mol. The van der Waals surface area contributed by atoms with E-state index in [4.69, 9.17) is 14.6 Å². The van der Waals surface area contributed by atoms with Gasteiger partial charge in [-0.05, 0) is 81.8 Å². The van der Waals surface area contributed by atoms with Gasteiger partial charge in [-0.15, -0.1) is 0 Å². The lowest BCUT2D eigenvalue weighted by Crippen LogP contribution is -2.53. The number of ether oxygens (including phenoxy) is 2. The second kappa shape index (κ2) is 18.3. The van der Waals surface area contributed by atoms with Crippen LogP contribution in [-0.4, -0.2) is 71.5 Å². The van der Waals surface area contributed by atoms with Gasteiger partial charge in [-0.25, -0.2) is 14.4 Å². The predicted octanol–water partition coefficient (Wildman–Crippen LogP) is 4.62. The molecule has 3 rings (SSSR count). The zero-order chi connectivity index (χ0) is 34.2. The van der Waals surface area contributed by atoms with Crippen LogP contribution >= 0.6 is 0 Å². The first kappa shape index (κ1) is 36.6. The highest BCUT2D eigenvalue weighted by atomic mass is 16.6. The molecule has 3 aromatic carbocycles. The van der Waals surface area contributed by atoms with Crippen molar-refractivity contribution in [2.24, 2.45) is 0 Å². The summed E-state index contributed by atoms with van der Waals surface area (Å²) in [5.41, 5.74) is 1.77. The van der Waals surface area contributed by atoms with Gasteiger partial charge in [0, 0.05) is 19.0 Å². The number of carbonyl (C=O) groups excluding carboxylic acids is 2. The molecule has 2 atom stereocenters. The van der Waals surface area contributed by atoms with E-state index in [1.54, 1.807) is 26.8 Å². The van der Waals surface area contributed by atoms with Crippen molar-refractivity contribution in [2.75, 3.05) is 19.7 Å². The van der Waals surface area contributed by atoms with Gasteiger partial charge in [-0.2, -0.15) is 0 Å². The van der Waals surface area contributed by atoms with Gasteiger partial charge in [-0.3, -0.25) is 4.79 Å². The number of carboxylic acid groups (broad SMARTS) is 2. The summed E-state index contributed by atoms with van der Waals surface area (Å²) in [6.07, 6.45) is 2.61. The van der Waals surface area contributed by atoms with E-state index in [1.807, 2.05) is 48.5 Å². The Kier molecular flexibility index (Phi) is 14.2. The smallest absolute Gasteiger partial charge is 0.408 e. The van der Waals surface area contributed by atoms with Gasteiger partial charge in [0.05, 0.1) is 0 Å². The maximum absolute atomic E-state index is 13.7. The van der Waals surface area contributed by atoms with E-state index in [9.17, 15) is 24.3 Å². The molecular weight excluding hydrogens is 602 g/mol. The van der Waals surface area contributed by atoms with Gasteiger partial charge in [0.15, 0.2) is 6.61 Å². The number of aryl methyl sites for hydroxylation is 1. The van der Waals surface area contributed by atoms with Crippen molar-refractivity contribution >= 4 is 23.9 Å². The van der Waals surface area contributed by atoms with Crippen LogP contribution < -0.4 is 20.7 Å². The number of alkyl carbamates (subject to hydrolysis) is 1. The molecule has 0 saturated carbocycles. The fourth-order valence-corrected chi connectivity index (χ4v) is 4.91. The Labute approximate surface area is 275 Å². The van der Waals surface area contributed by atoms with Gasteiger partial charge in [0.25, 0.3) is 0 Å². The summed E-state index contributed by atoms with van der Waals surface area (Å²) in [5, 5.41) is 27.9. The summed E-state index contributed by atoms with van der Waals surface area (Å²) < 4.78 is 10.6. The fourth-order valence-electron chi connectivity index (χ4n) is 4.91. The Morgan fingerprint density at radius 1 is 0.787 bits per heavy atom. The number of unbranched alkanes of at least 4 members (excludes halogenated alkanes) is 1. The molecule has 0 saturated heterocycles. The monoisotopic (exact) mass is 647 g/mol. The zero-order valence-electron chi connectivity index (χ0n) is 27.2. The Bertz CT molecular complexity index is 1460. The quantitative estimate of drug-likeness (QED) is 0.124. The molecule has 0 radical (unpaired) electrons. The van der Waals surface area contributed by atoms with Crippen LogP contribution in [0.3, 0.4) is 0 Å². The number of aromatic carboxylic acids is 1. The topological polar surface area (TPSA) is 163 Å². The zero-order valence-corrected chi connectivity index (χ0v) is 27.2. The number of carboxylic acids is 2. The van der Waals surface area contributed by atoms with E-state index in [2.05, 4.69) is 28.1 Å². The normalized spacial score (nSPS) is 12.4. The van der Waals surface area contributed by atoms with E-state index in [0.29, 0.717) is 18.7 Å². The molecule has 0 bridgehead atoms. The second-order valence-electron chi connectivity index (χ2n) is 12.3. The van der Waals surface area contributed by atoms with Crippen LogP contribution in [0.5, 0.6) is 5.75 Å². The lowest BCUT2D eigenvalue weighted by Gasteiger charge is -2.26. The molecule has 0 aliphatic heterocycles. The van der Waals surface area contributed by atoms with Crippen molar-refractivity contribution in [3.8, 4) is 5.75 Å². The number of hydrogen-bond acceptors (Lipinski definition) is 7. The molecule has 0 spiro atoms. The molecule has 0 fully saturated rings. The Hall–Kier alpha value is -4.90. The highest BCUT2D eigenvalue weighted by molar-refractivity contribution is 5.91. The van der Waals surface area contributed by atoms with Crippen LogP contribution in [-0.2, 0) is 33.6 Å². The molecular formula is C36H45N3O8. The van der Waals surface area contributed by atoms with Crippen molar-refractivity contribution in [1.82, 2.24) is 16.0 Å². The average molecular weight is 648 g/mol. The summed E-state index contributed by atoms with van der Waals surface area (Å²) in [6, 6.07) is 22.6. The molecule has 47 heavy (non-hydrogen) atoms. The van der Waals surface area contributed by atoms with E-state index >= 15 is 0 Å². The minimum Gasteiger partial charge on any atom is -0.481 e. The van der Waals surface area contributed by atoms with E-state index < -0.39 is 48.2 Å². The van der Waals surface area contributed by atoms with Crippen LogP contribution in [0.2, 0.25) is 0 Å². The van der Waals surface area contributed by atoms with Gasteiger partial charge < -0.3 is 35.6 Å². The number of rotatable bonds is 18. The maximum atomic E-state index is 13.7. The number of hydrogen-bond donors (Lipinski definition) is 5. The number of aliphatic carboxylic acids is 1. The molecule has 11 heteroatoms. The number of nitrogens with one attached hydrogen (secondary N) is 3. The number of carbonyl (C=O) groups is 4. The minimum atomic E-state index is -1.27. The molecule has 11 nitrogen and oxygen atoms in total. The third kappa shape index (κ3) is 14.0. The van der Waals surface area contributed by atoms with Crippen molar-refractivity contribution in [1.29, 1.82) is 0 Å². The number of amides is 2. The van der Waals surface area contributed by atoms with Crippen LogP contribution in [0.25, 0.3) is 0 Å². The van der Waals surface area contributed by atoms with Crippen LogP contribution in [0, 0.1) is 0 Å². The highest BCUT2D eigenvalue weighted by Crippen LogP contribution is 2.21. The lowest BCUT2D eigenvalue weighted by atomic mass is 10.0. The fraction of sp³-hybridized carbons (Fsp3) is 0.389. The standard InChI is InChI=1S/C36H45N3O8/c1-36(2,3)47-35(45)39-30(22-26-15-8-5-9-16-26)33(42)38-28(23-37-19-11-10-14-25-12-6-4-7-13-25)20-27-17-18-31(46-24-32(40)41)29(21-27)34(43)44/h4-9,12-13,15-18,21,28,30,37H,10-11,14,19-20,22-24H2,1-3H3,(H,38,42)(H,39,45)(H,40,41)(H,43,44)/t28-,30-/m0/s1. The number of benzene rings is 3. The molecule has 0 aliphatic rings. The Morgan fingerprint density at radius 2 is 1.45 bits per heavy atom. The molecule has 0 heterocycles. The molecule has 252 valence electrons. The van der Waals surface area contributed by atoms with Gasteiger partial charge in [0.1, 0.15) is 23.0 Å². The third-order valence-corrected chi connectivity index (χ3v) is 7.05. The van der Waals surface area contributed by atoms with Gasteiger partial charge in [0.2, 0.25) is 5.91 Å². The first-order chi connectivity index (χ1) is 22.4. The summed E-state index contributed by atoms with van der Waals surface area (Å²) in [7, 11) is 0. The van der Waals surface area contributed by atoms with Gasteiger partial charge >= 0.3 is 18.0 Å². The van der Waals surface area contributed by atoms with Crippen LogP contribution in [0.1, 0.15) is 60.7 Å². The van der Waals surface area contributed by atoms with Crippen molar-refractivity contribution < 1.29 is 38.9 Å². The van der Waals surface area contributed by atoms with E-state index in [0.717, 1.165) is 24.8 Å². The molecule has 0 aliphatic carbocycles. The molecule has 3 aromatic rings. The van der Waals surface area contributed by atoms with E-state index in [1.165, 1.54) is 17.7 Å². The molecule has 5 N–H and O–H groups in total. The first-order valence-corrected chi connectivity index (χ1v) is 15.7. The van der Waals surface area contributed by atoms with E-state index in [-0.39, 0.29) is 24.2 Å². The second-order valence-corrected chi connectivity index (χ2v) is 12.3. The summed E-state index contributed by atoms with van der Waals surface area (Å²) in [6.45, 7) is 5.61. The summed E-state index contributed by atoms with van der Waals surface area (Å²) in [4.78, 5) is 49.4. The summed E-state index contributed by atoms with van der Waals surface area (Å²) in [5.74, 6) is -2.98. The van der Waals surface area contributed by atoms with Crippen LogP contribution in [0.4, 0.5) is 4.79 Å². The molecule has 0 aromatic heterocycles. The maximum Gasteiger partial charge on any atom is 0.408 e. The van der Waals surface area contributed by atoms with Gasteiger partial charge in [-0.1, -0.05) is 66.7 Å². The SMILES string of the molecule is CC(C)(C)OC(=O)N[C@@H](Cc1ccccc1)C(=O)N[C@H](CNCCCCc1ccccc1)Cc1ccc(OCC(=O)O)c(C(=O)O)c1. The molecule has 2 amide bonds. The largest absolute Gasteiger partial charge is 0.481 e.